The third-order valence-electron chi connectivity index (χ3n) is 4.66. The van der Waals surface area contributed by atoms with Crippen molar-refractivity contribution in [1.82, 2.24) is 24.4 Å². The van der Waals surface area contributed by atoms with E-state index in [0.29, 0.717) is 21.2 Å². The molecule has 1 atom stereocenters. The summed E-state index contributed by atoms with van der Waals surface area (Å²) in [5.41, 5.74) is 0.573. The average Bonchev–Trinajstić information content (AvgIpc) is 3.09. The first-order valence-corrected chi connectivity index (χ1v) is 9.08. The van der Waals surface area contributed by atoms with Crippen molar-refractivity contribution in [3.8, 4) is 5.88 Å². The first-order chi connectivity index (χ1) is 12.0. The summed E-state index contributed by atoms with van der Waals surface area (Å²) in [5.74, 6) is 0.393. The summed E-state index contributed by atoms with van der Waals surface area (Å²) in [7, 11) is 2.08. The van der Waals surface area contributed by atoms with Crippen LogP contribution in [0.4, 0.5) is 4.39 Å². The molecule has 1 N–H and O–H groups in total. The van der Waals surface area contributed by atoms with Crippen LogP contribution in [-0.4, -0.2) is 62.7 Å². The molecule has 2 aromatic heterocycles. The van der Waals surface area contributed by atoms with E-state index in [0.717, 1.165) is 26.2 Å². The van der Waals surface area contributed by atoms with Gasteiger partial charge in [-0.05, 0) is 20.0 Å². The maximum Gasteiger partial charge on any atom is 0.230 e. The lowest BCUT2D eigenvalue weighted by Gasteiger charge is -2.37. The van der Waals surface area contributed by atoms with Gasteiger partial charge in [0.05, 0.1) is 10.9 Å². The van der Waals surface area contributed by atoms with Crippen LogP contribution in [-0.2, 0) is 0 Å². The molecule has 3 heterocycles. The van der Waals surface area contributed by atoms with E-state index < -0.39 is 0 Å². The number of halogens is 1. The zero-order valence-electron chi connectivity index (χ0n) is 14.2. The zero-order chi connectivity index (χ0) is 17.6. The lowest BCUT2D eigenvalue weighted by Crippen LogP contribution is -2.46. The van der Waals surface area contributed by atoms with Crippen molar-refractivity contribution in [2.75, 3.05) is 33.2 Å². The Morgan fingerprint density at radius 3 is 2.60 bits per heavy atom. The quantitative estimate of drug-likeness (QED) is 0.776. The van der Waals surface area contributed by atoms with Crippen LogP contribution >= 0.6 is 11.3 Å². The van der Waals surface area contributed by atoms with Crippen molar-refractivity contribution < 1.29 is 9.50 Å². The van der Waals surface area contributed by atoms with Crippen LogP contribution in [0.5, 0.6) is 5.88 Å². The smallest absolute Gasteiger partial charge is 0.230 e. The summed E-state index contributed by atoms with van der Waals surface area (Å²) < 4.78 is 16.0. The Bertz CT molecular complexity index is 900. The fourth-order valence-corrected chi connectivity index (χ4v) is 4.46. The average molecular weight is 361 g/mol. The molecular weight excluding hydrogens is 341 g/mol. The highest BCUT2D eigenvalue weighted by Crippen LogP contribution is 2.40. The van der Waals surface area contributed by atoms with E-state index in [4.69, 9.17) is 0 Å². The summed E-state index contributed by atoms with van der Waals surface area (Å²) in [6.45, 7) is 5.22. The normalized spacial score (nSPS) is 18.0. The molecule has 3 aromatic rings. The number of hydrogen-bond acceptors (Lipinski definition) is 6. The summed E-state index contributed by atoms with van der Waals surface area (Å²) in [6, 6.07) is 6.43. The Balaban J connectivity index is 1.83. The molecule has 4 rings (SSSR count). The summed E-state index contributed by atoms with van der Waals surface area (Å²) >= 11 is 1.37. The van der Waals surface area contributed by atoms with Gasteiger partial charge < -0.3 is 10.0 Å². The summed E-state index contributed by atoms with van der Waals surface area (Å²) in [4.78, 5) is 10.1. The number of aryl methyl sites for hydroxylation is 1. The zero-order valence-corrected chi connectivity index (χ0v) is 15.0. The predicted octanol–water partition coefficient (Wildman–Crippen LogP) is 2.28. The molecule has 0 bridgehead atoms. The fourth-order valence-electron chi connectivity index (χ4n) is 3.31. The Morgan fingerprint density at radius 1 is 1.20 bits per heavy atom. The molecule has 0 amide bonds. The van der Waals surface area contributed by atoms with E-state index >= 15 is 0 Å². The van der Waals surface area contributed by atoms with Crippen LogP contribution in [0.25, 0.3) is 4.96 Å². The molecule has 0 saturated carbocycles. The molecule has 0 radical (unpaired) electrons. The number of fused-ring (bicyclic) bond motifs is 1. The summed E-state index contributed by atoms with van der Waals surface area (Å²) in [5, 5.41) is 15.0. The van der Waals surface area contributed by atoms with Crippen molar-refractivity contribution in [2.45, 2.75) is 13.0 Å². The number of nitrogens with zero attached hydrogens (tertiary/aromatic N) is 5. The number of aromatic nitrogens is 3. The molecule has 8 heteroatoms. The van der Waals surface area contributed by atoms with Crippen molar-refractivity contribution in [3.05, 3.63) is 46.3 Å². The van der Waals surface area contributed by atoms with Crippen LogP contribution in [0.3, 0.4) is 0 Å². The van der Waals surface area contributed by atoms with Crippen molar-refractivity contribution in [1.29, 1.82) is 0 Å². The Morgan fingerprint density at radius 2 is 1.92 bits per heavy atom. The molecule has 132 valence electrons. The van der Waals surface area contributed by atoms with E-state index in [1.165, 1.54) is 21.9 Å². The first kappa shape index (κ1) is 16.4. The summed E-state index contributed by atoms with van der Waals surface area (Å²) in [6.07, 6.45) is 0. The Labute approximate surface area is 149 Å². The van der Waals surface area contributed by atoms with Gasteiger partial charge >= 0.3 is 0 Å². The lowest BCUT2D eigenvalue weighted by molar-refractivity contribution is 0.125. The van der Waals surface area contributed by atoms with Gasteiger partial charge in [-0.3, -0.25) is 4.90 Å². The number of benzene rings is 1. The van der Waals surface area contributed by atoms with E-state index in [1.807, 2.05) is 6.07 Å². The molecular formula is C17H20FN5OS. The minimum Gasteiger partial charge on any atom is -0.492 e. The van der Waals surface area contributed by atoms with Crippen molar-refractivity contribution >= 4 is 16.3 Å². The van der Waals surface area contributed by atoms with Gasteiger partial charge in [-0.2, -0.15) is 4.52 Å². The van der Waals surface area contributed by atoms with Gasteiger partial charge in [0.2, 0.25) is 10.8 Å². The van der Waals surface area contributed by atoms with Crippen LogP contribution in [0.1, 0.15) is 22.3 Å². The highest BCUT2D eigenvalue weighted by Gasteiger charge is 2.32. The maximum atomic E-state index is 14.6. The molecule has 1 fully saturated rings. The second-order valence-electron chi connectivity index (χ2n) is 6.41. The molecule has 6 nitrogen and oxygen atoms in total. The monoisotopic (exact) mass is 361 g/mol. The van der Waals surface area contributed by atoms with Crippen LogP contribution in [0.15, 0.2) is 24.3 Å². The molecule has 1 saturated heterocycles. The lowest BCUT2D eigenvalue weighted by atomic mass is 10.0. The number of rotatable bonds is 3. The Kier molecular flexibility index (Phi) is 4.18. The molecule has 1 aliphatic rings. The number of thiazole rings is 1. The molecule has 1 aromatic carbocycles. The minimum absolute atomic E-state index is 0.0489. The molecule has 0 aliphatic carbocycles. The number of aromatic hydroxyl groups is 1. The molecule has 0 spiro atoms. The van der Waals surface area contributed by atoms with Crippen LogP contribution in [0.2, 0.25) is 0 Å². The topological polar surface area (TPSA) is 56.9 Å². The van der Waals surface area contributed by atoms with Gasteiger partial charge in [-0.15, -0.1) is 5.10 Å². The maximum absolute atomic E-state index is 14.6. The highest BCUT2D eigenvalue weighted by atomic mass is 32.1. The van der Waals surface area contributed by atoms with Gasteiger partial charge in [-0.1, -0.05) is 29.5 Å². The van der Waals surface area contributed by atoms with Crippen molar-refractivity contribution in [2.24, 2.45) is 0 Å². The third kappa shape index (κ3) is 2.90. The second kappa shape index (κ2) is 6.36. The van der Waals surface area contributed by atoms with E-state index in [1.54, 1.807) is 19.1 Å². The minimum atomic E-state index is -0.344. The van der Waals surface area contributed by atoms with E-state index in [9.17, 15) is 9.50 Å². The Hall–Kier alpha value is -2.03. The van der Waals surface area contributed by atoms with Gasteiger partial charge in [0.1, 0.15) is 11.6 Å². The number of likely N-dealkylation sites (N-methyl/N-ethyl adjacent to an activating group) is 1. The van der Waals surface area contributed by atoms with Gasteiger partial charge in [0, 0.05) is 31.7 Å². The van der Waals surface area contributed by atoms with Gasteiger partial charge in [-0.25, -0.2) is 9.37 Å². The molecule has 1 unspecified atom stereocenters. The van der Waals surface area contributed by atoms with Crippen LogP contribution in [0, 0.1) is 12.7 Å². The highest BCUT2D eigenvalue weighted by molar-refractivity contribution is 7.17. The van der Waals surface area contributed by atoms with Crippen LogP contribution < -0.4 is 0 Å². The largest absolute Gasteiger partial charge is 0.492 e. The standard InChI is InChI=1S/C17H20FN5OS/c1-11-19-17-23(20-11)16(24)15(25-17)14(12-5-3-4-6-13(12)18)22-9-7-21(2)8-10-22/h3-6,14,24H,7-10H2,1-2H3. The van der Waals surface area contributed by atoms with E-state index in [-0.39, 0.29) is 17.7 Å². The van der Waals surface area contributed by atoms with E-state index in [2.05, 4.69) is 26.9 Å². The first-order valence-electron chi connectivity index (χ1n) is 8.26. The number of hydrogen-bond donors (Lipinski definition) is 1. The molecule has 25 heavy (non-hydrogen) atoms. The fraction of sp³-hybridized carbons (Fsp3) is 0.412. The third-order valence-corrected chi connectivity index (χ3v) is 5.73. The molecule has 1 aliphatic heterocycles. The van der Waals surface area contributed by atoms with Crippen molar-refractivity contribution in [3.63, 3.8) is 0 Å². The van der Waals surface area contributed by atoms with Gasteiger partial charge in [0.25, 0.3) is 0 Å². The predicted molar refractivity (Wildman–Crippen MR) is 94.6 cm³/mol. The SMILES string of the molecule is Cc1nc2sc(C(c3ccccc3F)N3CCN(C)CC3)c(O)n2n1. The van der Waals surface area contributed by atoms with Gasteiger partial charge in [0.15, 0.2) is 0 Å². The second-order valence-corrected chi connectivity index (χ2v) is 7.42. The number of piperazine rings is 1.